The van der Waals surface area contributed by atoms with Crippen molar-refractivity contribution in [1.29, 1.82) is 0 Å². The first-order valence-electron chi connectivity index (χ1n) is 8.32. The second kappa shape index (κ2) is 12.8. The molecular formula is C15H35NO3Si. The third-order valence-electron chi connectivity index (χ3n) is 3.21. The average molecular weight is 306 g/mol. The molecule has 4 nitrogen and oxygen atoms in total. The SMILES string of the molecule is CCCO[Si](CCN(CC)CC)(OCCC)OCCC. The molecule has 0 spiro atoms. The number of hydrogen-bond acceptors (Lipinski definition) is 4. The zero-order valence-electron chi connectivity index (χ0n) is 14.2. The van der Waals surface area contributed by atoms with Gasteiger partial charge >= 0.3 is 8.80 Å². The summed E-state index contributed by atoms with van der Waals surface area (Å²) < 4.78 is 18.3. The van der Waals surface area contributed by atoms with Gasteiger partial charge in [0.25, 0.3) is 0 Å². The lowest BCUT2D eigenvalue weighted by Gasteiger charge is -2.31. The molecule has 0 aliphatic rings. The summed E-state index contributed by atoms with van der Waals surface area (Å²) in [5, 5.41) is 0. The van der Waals surface area contributed by atoms with E-state index in [1.165, 1.54) is 0 Å². The summed E-state index contributed by atoms with van der Waals surface area (Å²) in [7, 11) is -2.50. The van der Waals surface area contributed by atoms with E-state index in [4.69, 9.17) is 13.3 Å². The fraction of sp³-hybridized carbons (Fsp3) is 1.00. The molecule has 0 saturated heterocycles. The second-order valence-electron chi connectivity index (χ2n) is 5.01. The first-order valence-corrected chi connectivity index (χ1v) is 10.2. The average Bonchev–Trinajstić information content (AvgIpc) is 2.49. The van der Waals surface area contributed by atoms with E-state index in [-0.39, 0.29) is 0 Å². The molecule has 0 aliphatic carbocycles. The van der Waals surface area contributed by atoms with E-state index >= 15 is 0 Å². The number of rotatable bonds is 14. The largest absolute Gasteiger partial charge is 0.502 e. The van der Waals surface area contributed by atoms with Crippen LogP contribution in [0, 0.1) is 0 Å². The fourth-order valence-electron chi connectivity index (χ4n) is 1.95. The van der Waals surface area contributed by atoms with E-state index < -0.39 is 8.80 Å². The highest BCUT2D eigenvalue weighted by atomic mass is 28.4. The van der Waals surface area contributed by atoms with Gasteiger partial charge in [-0.05, 0) is 32.4 Å². The van der Waals surface area contributed by atoms with Crippen molar-refractivity contribution in [2.75, 3.05) is 39.5 Å². The van der Waals surface area contributed by atoms with E-state index in [0.717, 1.165) is 64.8 Å². The van der Waals surface area contributed by atoms with Crippen LogP contribution in [0.1, 0.15) is 53.9 Å². The second-order valence-corrected chi connectivity index (χ2v) is 7.74. The normalized spacial score (nSPS) is 12.3. The Balaban J connectivity index is 4.64. The van der Waals surface area contributed by atoms with Crippen molar-refractivity contribution < 1.29 is 13.3 Å². The third kappa shape index (κ3) is 8.37. The van der Waals surface area contributed by atoms with Crippen LogP contribution in [0.5, 0.6) is 0 Å². The van der Waals surface area contributed by atoms with Gasteiger partial charge in [0.05, 0.1) is 0 Å². The van der Waals surface area contributed by atoms with Crippen molar-refractivity contribution in [1.82, 2.24) is 4.90 Å². The predicted molar refractivity (Wildman–Crippen MR) is 87.1 cm³/mol. The van der Waals surface area contributed by atoms with Gasteiger partial charge in [-0.25, -0.2) is 0 Å². The van der Waals surface area contributed by atoms with Gasteiger partial charge in [-0.15, -0.1) is 0 Å². The minimum Gasteiger partial charge on any atom is -0.373 e. The maximum absolute atomic E-state index is 6.09. The molecule has 0 aromatic carbocycles. The van der Waals surface area contributed by atoms with Crippen LogP contribution in [0.15, 0.2) is 0 Å². The lowest BCUT2D eigenvalue weighted by atomic mass is 10.5. The Hall–Kier alpha value is 0.0569. The Labute approximate surface area is 127 Å². The van der Waals surface area contributed by atoms with Crippen molar-refractivity contribution in [3.63, 3.8) is 0 Å². The van der Waals surface area contributed by atoms with Crippen molar-refractivity contribution in [3.8, 4) is 0 Å². The van der Waals surface area contributed by atoms with Crippen molar-refractivity contribution >= 4 is 8.80 Å². The Morgan fingerprint density at radius 2 is 1.10 bits per heavy atom. The number of nitrogens with zero attached hydrogens (tertiary/aromatic N) is 1. The molecule has 122 valence electrons. The van der Waals surface area contributed by atoms with Crippen LogP contribution in [0.3, 0.4) is 0 Å². The zero-order chi connectivity index (χ0) is 15.3. The van der Waals surface area contributed by atoms with Crippen LogP contribution >= 0.6 is 0 Å². The van der Waals surface area contributed by atoms with Gasteiger partial charge in [-0.2, -0.15) is 0 Å². The Bertz CT molecular complexity index is 192. The van der Waals surface area contributed by atoms with Crippen molar-refractivity contribution in [2.45, 2.75) is 59.9 Å². The summed E-state index contributed by atoms with van der Waals surface area (Å²) in [4.78, 5) is 2.40. The van der Waals surface area contributed by atoms with Crippen LogP contribution in [-0.4, -0.2) is 53.2 Å². The quantitative estimate of drug-likeness (QED) is 0.459. The highest BCUT2D eigenvalue weighted by Gasteiger charge is 2.40. The van der Waals surface area contributed by atoms with Crippen LogP contribution in [-0.2, 0) is 13.3 Å². The molecule has 0 heterocycles. The number of hydrogen-bond donors (Lipinski definition) is 0. The minimum atomic E-state index is -2.50. The fourth-order valence-corrected chi connectivity index (χ4v) is 4.77. The molecule has 0 aromatic rings. The molecule has 0 atom stereocenters. The predicted octanol–water partition coefficient (Wildman–Crippen LogP) is 3.55. The van der Waals surface area contributed by atoms with Gasteiger partial charge in [-0.3, -0.25) is 0 Å². The van der Waals surface area contributed by atoms with Gasteiger partial charge in [0, 0.05) is 32.4 Å². The summed E-state index contributed by atoms with van der Waals surface area (Å²) in [6.45, 7) is 16.1. The molecule has 0 saturated carbocycles. The Morgan fingerprint density at radius 1 is 0.700 bits per heavy atom. The molecule has 0 aliphatic heterocycles. The summed E-state index contributed by atoms with van der Waals surface area (Å²) in [5.74, 6) is 0. The summed E-state index contributed by atoms with van der Waals surface area (Å²) in [5.41, 5.74) is 0. The molecular weight excluding hydrogens is 270 g/mol. The van der Waals surface area contributed by atoms with Crippen LogP contribution in [0.4, 0.5) is 0 Å². The first kappa shape index (κ1) is 20.1. The molecule has 0 bridgehead atoms. The molecule has 0 N–H and O–H groups in total. The van der Waals surface area contributed by atoms with Gasteiger partial charge < -0.3 is 18.2 Å². The molecule has 0 rings (SSSR count). The highest BCUT2D eigenvalue weighted by molar-refractivity contribution is 6.60. The Kier molecular flexibility index (Phi) is 12.8. The molecule has 20 heavy (non-hydrogen) atoms. The monoisotopic (exact) mass is 305 g/mol. The lowest BCUT2D eigenvalue weighted by molar-refractivity contribution is 0.0566. The van der Waals surface area contributed by atoms with Crippen LogP contribution < -0.4 is 0 Å². The molecule has 0 radical (unpaired) electrons. The smallest absolute Gasteiger partial charge is 0.373 e. The molecule has 5 heteroatoms. The summed E-state index contributed by atoms with van der Waals surface area (Å²) >= 11 is 0. The van der Waals surface area contributed by atoms with E-state index in [9.17, 15) is 0 Å². The van der Waals surface area contributed by atoms with E-state index in [1.807, 2.05) is 0 Å². The van der Waals surface area contributed by atoms with Crippen LogP contribution in [0.25, 0.3) is 0 Å². The molecule has 0 aromatic heterocycles. The van der Waals surface area contributed by atoms with Crippen LogP contribution in [0.2, 0.25) is 6.04 Å². The summed E-state index contributed by atoms with van der Waals surface area (Å²) in [6.07, 6.45) is 3.01. The Morgan fingerprint density at radius 3 is 1.40 bits per heavy atom. The van der Waals surface area contributed by atoms with E-state index in [2.05, 4.69) is 39.5 Å². The zero-order valence-corrected chi connectivity index (χ0v) is 15.2. The lowest BCUT2D eigenvalue weighted by Crippen LogP contribution is -2.49. The van der Waals surface area contributed by atoms with Gasteiger partial charge in [0.15, 0.2) is 0 Å². The van der Waals surface area contributed by atoms with E-state index in [0.29, 0.717) is 0 Å². The molecule has 0 fully saturated rings. The molecule has 0 unspecified atom stereocenters. The van der Waals surface area contributed by atoms with Gasteiger partial charge in [0.2, 0.25) is 0 Å². The van der Waals surface area contributed by atoms with Crippen molar-refractivity contribution in [2.24, 2.45) is 0 Å². The summed E-state index contributed by atoms with van der Waals surface area (Å²) in [6, 6.07) is 0.898. The maximum atomic E-state index is 6.09. The highest BCUT2D eigenvalue weighted by Crippen LogP contribution is 2.18. The van der Waals surface area contributed by atoms with E-state index in [1.54, 1.807) is 0 Å². The van der Waals surface area contributed by atoms with Crippen molar-refractivity contribution in [3.05, 3.63) is 0 Å². The first-order chi connectivity index (χ1) is 9.67. The topological polar surface area (TPSA) is 30.9 Å². The maximum Gasteiger partial charge on any atom is 0.502 e. The minimum absolute atomic E-state index is 0.734. The van der Waals surface area contributed by atoms with Gasteiger partial charge in [-0.1, -0.05) is 34.6 Å². The molecule has 0 amide bonds. The van der Waals surface area contributed by atoms with Gasteiger partial charge in [0.1, 0.15) is 0 Å². The standard InChI is InChI=1S/C15H35NO3Si/c1-6-12-17-20(18-13-7-2,19-14-8-3)15-11-16(9-4)10-5/h6-15H2,1-5H3. The third-order valence-corrected chi connectivity index (χ3v) is 5.97.